The van der Waals surface area contributed by atoms with Crippen molar-refractivity contribution in [1.29, 1.82) is 0 Å². The lowest BCUT2D eigenvalue weighted by Gasteiger charge is -2.23. The fourth-order valence-corrected chi connectivity index (χ4v) is 2.48. The summed E-state index contributed by atoms with van der Waals surface area (Å²) in [5.74, 6) is -0.0503. The molecule has 0 unspecified atom stereocenters. The Labute approximate surface area is 133 Å². The van der Waals surface area contributed by atoms with Crippen LogP contribution in [0.4, 0.5) is 5.69 Å². The summed E-state index contributed by atoms with van der Waals surface area (Å²) in [7, 11) is 0. The monoisotopic (exact) mass is 401 g/mol. The van der Waals surface area contributed by atoms with Gasteiger partial charge in [0.2, 0.25) is 0 Å². The minimum absolute atomic E-state index is 0.0813. The minimum atomic E-state index is -0.812. The van der Waals surface area contributed by atoms with Gasteiger partial charge in [-0.3, -0.25) is 4.79 Å². The molecule has 20 heavy (non-hydrogen) atoms. The van der Waals surface area contributed by atoms with E-state index in [-0.39, 0.29) is 6.42 Å². The Balaban J connectivity index is 2.16. The highest BCUT2D eigenvalue weighted by Gasteiger charge is 2.13. The molecule has 1 aromatic carbocycles. The highest BCUT2D eigenvalue weighted by Crippen LogP contribution is 2.28. The first-order valence-corrected chi connectivity index (χ1v) is 7.60. The number of carbonyl (C=O) groups is 1. The molecule has 1 heterocycles. The standard InChI is InChI=1S/C14H13Br2NO3/c15-12-8-11(20-14(12)16)9-17(7-6-13(18)19)10-4-2-1-3-5-10/h1-5,8H,6-7,9H2,(H,18,19). The lowest BCUT2D eigenvalue weighted by molar-refractivity contribution is -0.136. The minimum Gasteiger partial charge on any atom is -0.481 e. The van der Waals surface area contributed by atoms with Gasteiger partial charge in [-0.2, -0.15) is 0 Å². The van der Waals surface area contributed by atoms with E-state index in [0.717, 1.165) is 15.9 Å². The van der Waals surface area contributed by atoms with Crippen molar-refractivity contribution in [3.63, 3.8) is 0 Å². The number of halogens is 2. The summed E-state index contributed by atoms with van der Waals surface area (Å²) < 4.78 is 7.04. The molecule has 0 spiro atoms. The van der Waals surface area contributed by atoms with Gasteiger partial charge in [0.25, 0.3) is 0 Å². The SMILES string of the molecule is O=C(O)CCN(Cc1cc(Br)c(Br)o1)c1ccccc1. The summed E-state index contributed by atoms with van der Waals surface area (Å²) in [4.78, 5) is 12.8. The predicted octanol–water partition coefficient (Wildman–Crippen LogP) is 4.29. The second-order valence-electron chi connectivity index (χ2n) is 4.24. The van der Waals surface area contributed by atoms with Crippen LogP contribution in [0, 0.1) is 0 Å². The Morgan fingerprint density at radius 1 is 1.25 bits per heavy atom. The average Bonchev–Trinajstić information content (AvgIpc) is 2.74. The molecular weight excluding hydrogens is 390 g/mol. The first-order valence-electron chi connectivity index (χ1n) is 6.02. The van der Waals surface area contributed by atoms with Crippen LogP contribution >= 0.6 is 31.9 Å². The third-order valence-corrected chi connectivity index (χ3v) is 4.47. The highest BCUT2D eigenvalue weighted by molar-refractivity contribution is 9.13. The normalized spacial score (nSPS) is 10.5. The van der Waals surface area contributed by atoms with Crippen LogP contribution in [0.25, 0.3) is 0 Å². The summed E-state index contributed by atoms with van der Waals surface area (Å²) in [6.07, 6.45) is 0.0813. The van der Waals surface area contributed by atoms with Gasteiger partial charge in [-0.15, -0.1) is 0 Å². The van der Waals surface area contributed by atoms with Crippen molar-refractivity contribution in [3.8, 4) is 0 Å². The first-order chi connectivity index (χ1) is 9.56. The molecule has 106 valence electrons. The van der Waals surface area contributed by atoms with Crippen LogP contribution in [0.5, 0.6) is 0 Å². The summed E-state index contributed by atoms with van der Waals surface area (Å²) in [6.45, 7) is 0.941. The molecule has 0 saturated carbocycles. The zero-order valence-corrected chi connectivity index (χ0v) is 13.7. The van der Waals surface area contributed by atoms with Gasteiger partial charge < -0.3 is 14.4 Å². The summed E-state index contributed by atoms with van der Waals surface area (Å²) in [6, 6.07) is 11.6. The zero-order valence-electron chi connectivity index (χ0n) is 10.6. The van der Waals surface area contributed by atoms with E-state index in [2.05, 4.69) is 31.9 Å². The number of anilines is 1. The quantitative estimate of drug-likeness (QED) is 0.783. The third kappa shape index (κ3) is 4.11. The number of benzene rings is 1. The van der Waals surface area contributed by atoms with E-state index in [1.54, 1.807) is 0 Å². The van der Waals surface area contributed by atoms with Crippen molar-refractivity contribution in [1.82, 2.24) is 0 Å². The van der Waals surface area contributed by atoms with E-state index in [1.165, 1.54) is 0 Å². The molecule has 0 amide bonds. The van der Waals surface area contributed by atoms with Crippen LogP contribution in [-0.2, 0) is 11.3 Å². The molecule has 1 N–H and O–H groups in total. The molecule has 0 bridgehead atoms. The number of hydrogen-bond donors (Lipinski definition) is 1. The van der Waals surface area contributed by atoms with Crippen molar-refractivity contribution >= 4 is 43.5 Å². The second-order valence-corrected chi connectivity index (χ2v) is 5.81. The number of rotatable bonds is 6. The van der Waals surface area contributed by atoms with Gasteiger partial charge in [0, 0.05) is 12.2 Å². The fraction of sp³-hybridized carbons (Fsp3) is 0.214. The van der Waals surface area contributed by atoms with Gasteiger partial charge in [-0.05, 0) is 50.1 Å². The van der Waals surface area contributed by atoms with Crippen molar-refractivity contribution in [2.24, 2.45) is 0 Å². The van der Waals surface area contributed by atoms with Crippen LogP contribution in [0.3, 0.4) is 0 Å². The van der Waals surface area contributed by atoms with Gasteiger partial charge in [-0.25, -0.2) is 0 Å². The van der Waals surface area contributed by atoms with E-state index >= 15 is 0 Å². The van der Waals surface area contributed by atoms with E-state index in [9.17, 15) is 4.79 Å². The molecule has 2 aromatic rings. The van der Waals surface area contributed by atoms with Crippen LogP contribution in [0.1, 0.15) is 12.2 Å². The van der Waals surface area contributed by atoms with Crippen molar-refractivity contribution in [2.45, 2.75) is 13.0 Å². The Hall–Kier alpha value is -1.27. The van der Waals surface area contributed by atoms with Gasteiger partial charge in [-0.1, -0.05) is 18.2 Å². The van der Waals surface area contributed by atoms with Crippen LogP contribution in [0.2, 0.25) is 0 Å². The number of carboxylic acids is 1. The Kier molecular flexibility index (Phi) is 5.25. The summed E-state index contributed by atoms with van der Waals surface area (Å²) >= 11 is 6.67. The number of furan rings is 1. The highest BCUT2D eigenvalue weighted by atomic mass is 79.9. The molecule has 0 aliphatic heterocycles. The molecule has 2 rings (SSSR count). The lowest BCUT2D eigenvalue weighted by Crippen LogP contribution is -2.25. The van der Waals surface area contributed by atoms with E-state index < -0.39 is 5.97 Å². The maximum Gasteiger partial charge on any atom is 0.305 e. The number of para-hydroxylation sites is 1. The Morgan fingerprint density at radius 3 is 2.50 bits per heavy atom. The van der Waals surface area contributed by atoms with Crippen molar-refractivity contribution in [2.75, 3.05) is 11.4 Å². The molecule has 1 aromatic heterocycles. The number of nitrogens with zero attached hydrogens (tertiary/aromatic N) is 1. The molecular formula is C14H13Br2NO3. The molecule has 0 saturated heterocycles. The second kappa shape index (κ2) is 6.95. The summed E-state index contributed by atoms with van der Waals surface area (Å²) in [5.41, 5.74) is 0.970. The number of aliphatic carboxylic acids is 1. The van der Waals surface area contributed by atoms with E-state index in [0.29, 0.717) is 17.8 Å². The molecule has 0 atom stereocenters. The average molecular weight is 403 g/mol. The molecule has 6 heteroatoms. The van der Waals surface area contributed by atoms with E-state index in [1.807, 2.05) is 41.3 Å². The smallest absolute Gasteiger partial charge is 0.305 e. The fourth-order valence-electron chi connectivity index (χ4n) is 1.83. The van der Waals surface area contributed by atoms with Crippen LogP contribution in [-0.4, -0.2) is 17.6 Å². The van der Waals surface area contributed by atoms with Gasteiger partial charge in [0.05, 0.1) is 17.4 Å². The maximum atomic E-state index is 10.8. The van der Waals surface area contributed by atoms with Crippen molar-refractivity contribution in [3.05, 3.63) is 51.3 Å². The molecule has 0 fully saturated rings. The Morgan fingerprint density at radius 2 is 1.95 bits per heavy atom. The molecule has 0 aliphatic carbocycles. The number of carboxylic acid groups (broad SMARTS) is 1. The van der Waals surface area contributed by atoms with Crippen LogP contribution < -0.4 is 4.90 Å². The van der Waals surface area contributed by atoms with E-state index in [4.69, 9.17) is 9.52 Å². The van der Waals surface area contributed by atoms with Gasteiger partial charge >= 0.3 is 5.97 Å². The van der Waals surface area contributed by atoms with Crippen molar-refractivity contribution < 1.29 is 14.3 Å². The first kappa shape index (κ1) is 15.1. The molecule has 0 radical (unpaired) electrons. The maximum absolute atomic E-state index is 10.8. The molecule has 4 nitrogen and oxygen atoms in total. The summed E-state index contributed by atoms with van der Waals surface area (Å²) in [5, 5.41) is 8.86. The van der Waals surface area contributed by atoms with Gasteiger partial charge in [0.15, 0.2) is 4.67 Å². The lowest BCUT2D eigenvalue weighted by atomic mass is 10.2. The van der Waals surface area contributed by atoms with Crippen LogP contribution in [0.15, 0.2) is 50.0 Å². The Bertz CT molecular complexity index is 564. The predicted molar refractivity (Wildman–Crippen MR) is 83.9 cm³/mol. The topological polar surface area (TPSA) is 53.7 Å². The van der Waals surface area contributed by atoms with Gasteiger partial charge in [0.1, 0.15) is 5.76 Å². The zero-order chi connectivity index (χ0) is 14.5. The molecule has 0 aliphatic rings. The number of hydrogen-bond acceptors (Lipinski definition) is 3. The largest absolute Gasteiger partial charge is 0.481 e. The third-order valence-electron chi connectivity index (χ3n) is 2.76.